The molecular weight excluding hydrogens is 378 g/mol. The minimum atomic E-state index is -0.962. The predicted molar refractivity (Wildman–Crippen MR) is 104 cm³/mol. The maximum atomic E-state index is 11.5. The summed E-state index contributed by atoms with van der Waals surface area (Å²) in [4.78, 5) is 34.9. The zero-order valence-electron chi connectivity index (χ0n) is 15.9. The Hall–Kier alpha value is -3.27. The molecule has 1 aromatic heterocycles. The maximum absolute atomic E-state index is 11.5. The van der Waals surface area contributed by atoms with Gasteiger partial charge in [-0.2, -0.15) is 0 Å². The van der Waals surface area contributed by atoms with Crippen molar-refractivity contribution in [2.45, 2.75) is 25.9 Å². The fourth-order valence-electron chi connectivity index (χ4n) is 3.70. The lowest BCUT2D eigenvalue weighted by Crippen LogP contribution is -2.46. The average molecular weight is 399 g/mol. The van der Waals surface area contributed by atoms with Gasteiger partial charge in [-0.3, -0.25) is 10.1 Å². The van der Waals surface area contributed by atoms with Gasteiger partial charge in [-0.15, -0.1) is 0 Å². The molecule has 1 atom stereocenters. The van der Waals surface area contributed by atoms with E-state index in [-0.39, 0.29) is 18.3 Å². The molecule has 4 rings (SSSR count). The molecule has 10 nitrogen and oxygen atoms in total. The first-order chi connectivity index (χ1) is 13.9. The SMILES string of the molecule is CC1COCCN1c1nc(-c2ccc([N+](=O)[O-])cc2)nc2c1CN(C(=O)O)CC2. The number of nitrogens with zero attached hydrogens (tertiary/aromatic N) is 5. The third-order valence-corrected chi connectivity index (χ3v) is 5.28. The van der Waals surface area contributed by atoms with Crippen molar-refractivity contribution in [2.24, 2.45) is 0 Å². The van der Waals surface area contributed by atoms with Gasteiger partial charge in [-0.1, -0.05) is 0 Å². The number of non-ortho nitro benzene ring substituents is 1. The van der Waals surface area contributed by atoms with Crippen LogP contribution in [0.4, 0.5) is 16.3 Å². The van der Waals surface area contributed by atoms with Crippen molar-refractivity contribution in [1.82, 2.24) is 14.9 Å². The molecular formula is C19H21N5O5. The summed E-state index contributed by atoms with van der Waals surface area (Å²) >= 11 is 0. The van der Waals surface area contributed by atoms with Gasteiger partial charge in [-0.05, 0) is 19.1 Å². The van der Waals surface area contributed by atoms with Crippen molar-refractivity contribution < 1.29 is 19.6 Å². The van der Waals surface area contributed by atoms with Crippen LogP contribution in [0.1, 0.15) is 18.2 Å². The van der Waals surface area contributed by atoms with E-state index in [1.54, 1.807) is 12.1 Å². The molecule has 0 spiro atoms. The molecule has 0 radical (unpaired) electrons. The third-order valence-electron chi connectivity index (χ3n) is 5.28. The number of ether oxygens (including phenoxy) is 1. The summed E-state index contributed by atoms with van der Waals surface area (Å²) in [5, 5.41) is 20.3. The summed E-state index contributed by atoms with van der Waals surface area (Å²) in [5.41, 5.74) is 2.32. The van der Waals surface area contributed by atoms with Gasteiger partial charge >= 0.3 is 6.09 Å². The van der Waals surface area contributed by atoms with Gasteiger partial charge in [-0.25, -0.2) is 14.8 Å². The van der Waals surface area contributed by atoms with Crippen molar-refractivity contribution in [3.8, 4) is 11.4 Å². The number of morpholine rings is 1. The van der Waals surface area contributed by atoms with Crippen molar-refractivity contribution in [3.05, 3.63) is 45.6 Å². The predicted octanol–water partition coefficient (Wildman–Crippen LogP) is 2.31. The largest absolute Gasteiger partial charge is 0.465 e. The zero-order chi connectivity index (χ0) is 20.5. The van der Waals surface area contributed by atoms with E-state index in [0.717, 1.165) is 11.3 Å². The van der Waals surface area contributed by atoms with Gasteiger partial charge in [0.1, 0.15) is 5.82 Å². The Kier molecular flexibility index (Phi) is 5.01. The number of rotatable bonds is 3. The summed E-state index contributed by atoms with van der Waals surface area (Å²) in [5.74, 6) is 1.20. The molecule has 1 fully saturated rings. The monoisotopic (exact) mass is 399 g/mol. The van der Waals surface area contributed by atoms with E-state index < -0.39 is 11.0 Å². The van der Waals surface area contributed by atoms with E-state index in [9.17, 15) is 20.0 Å². The Morgan fingerprint density at radius 1 is 1.28 bits per heavy atom. The zero-order valence-corrected chi connectivity index (χ0v) is 15.9. The summed E-state index contributed by atoms with van der Waals surface area (Å²) in [6, 6.07) is 6.23. The molecule has 1 aromatic carbocycles. The maximum Gasteiger partial charge on any atom is 0.407 e. The number of carbonyl (C=O) groups is 1. The van der Waals surface area contributed by atoms with Gasteiger partial charge in [0.05, 0.1) is 36.4 Å². The molecule has 152 valence electrons. The molecule has 29 heavy (non-hydrogen) atoms. The molecule has 0 aliphatic carbocycles. The van der Waals surface area contributed by atoms with Crippen molar-refractivity contribution in [3.63, 3.8) is 0 Å². The number of anilines is 1. The van der Waals surface area contributed by atoms with Crippen LogP contribution < -0.4 is 4.90 Å². The summed E-state index contributed by atoms with van der Waals surface area (Å²) in [6.07, 6.45) is -0.466. The van der Waals surface area contributed by atoms with Crippen LogP contribution in [0, 0.1) is 10.1 Å². The molecule has 2 aliphatic heterocycles. The van der Waals surface area contributed by atoms with E-state index >= 15 is 0 Å². The number of nitro benzene ring substituents is 1. The molecule has 2 aromatic rings. The van der Waals surface area contributed by atoms with Crippen molar-refractivity contribution >= 4 is 17.6 Å². The number of hydrogen-bond donors (Lipinski definition) is 1. The number of aromatic nitrogens is 2. The molecule has 1 unspecified atom stereocenters. The number of hydrogen-bond acceptors (Lipinski definition) is 7. The van der Waals surface area contributed by atoms with Gasteiger partial charge in [0.2, 0.25) is 0 Å². The van der Waals surface area contributed by atoms with E-state index in [0.29, 0.717) is 49.9 Å². The number of fused-ring (bicyclic) bond motifs is 1. The standard InChI is InChI=1S/C19H21N5O5/c1-12-11-29-9-8-23(12)18-15-10-22(19(25)26)7-6-16(15)20-17(21-18)13-2-4-14(5-3-13)24(27)28/h2-5,12H,6-11H2,1H3,(H,25,26). The quantitative estimate of drug-likeness (QED) is 0.616. The summed E-state index contributed by atoms with van der Waals surface area (Å²) in [7, 11) is 0. The molecule has 0 saturated carbocycles. The number of amides is 1. The van der Waals surface area contributed by atoms with Crippen LogP contribution in [0.2, 0.25) is 0 Å². The average Bonchev–Trinajstić information content (AvgIpc) is 2.73. The second kappa shape index (κ2) is 7.63. The van der Waals surface area contributed by atoms with Crippen LogP contribution in [0.25, 0.3) is 11.4 Å². The smallest absolute Gasteiger partial charge is 0.407 e. The first-order valence-corrected chi connectivity index (χ1v) is 9.41. The Balaban J connectivity index is 1.79. The van der Waals surface area contributed by atoms with Crippen LogP contribution in [0.5, 0.6) is 0 Å². The fraction of sp³-hybridized carbons (Fsp3) is 0.421. The molecule has 10 heteroatoms. The first-order valence-electron chi connectivity index (χ1n) is 9.41. The first kappa shape index (κ1) is 19.1. The van der Waals surface area contributed by atoms with Crippen molar-refractivity contribution in [2.75, 3.05) is 31.2 Å². The van der Waals surface area contributed by atoms with E-state index in [2.05, 4.69) is 9.88 Å². The van der Waals surface area contributed by atoms with Crippen molar-refractivity contribution in [1.29, 1.82) is 0 Å². The lowest BCUT2D eigenvalue weighted by molar-refractivity contribution is -0.384. The van der Waals surface area contributed by atoms with Crippen LogP contribution in [-0.2, 0) is 17.7 Å². The molecule has 1 amide bonds. The number of carboxylic acid groups (broad SMARTS) is 1. The molecule has 2 aliphatic rings. The normalized spacial score (nSPS) is 19.0. The minimum absolute atomic E-state index is 0.00540. The Morgan fingerprint density at radius 3 is 2.69 bits per heavy atom. The minimum Gasteiger partial charge on any atom is -0.465 e. The van der Waals surface area contributed by atoms with Crippen LogP contribution in [0.3, 0.4) is 0 Å². The van der Waals surface area contributed by atoms with E-state index in [4.69, 9.17) is 9.72 Å². The molecule has 0 bridgehead atoms. The Morgan fingerprint density at radius 2 is 2.03 bits per heavy atom. The molecule has 1 saturated heterocycles. The lowest BCUT2D eigenvalue weighted by atomic mass is 10.0. The van der Waals surface area contributed by atoms with Gasteiger partial charge in [0.25, 0.3) is 5.69 Å². The summed E-state index contributed by atoms with van der Waals surface area (Å²) in [6.45, 7) is 4.43. The number of nitro groups is 1. The summed E-state index contributed by atoms with van der Waals surface area (Å²) < 4.78 is 5.53. The highest BCUT2D eigenvalue weighted by Crippen LogP contribution is 2.32. The number of benzene rings is 1. The topological polar surface area (TPSA) is 122 Å². The highest BCUT2D eigenvalue weighted by atomic mass is 16.6. The van der Waals surface area contributed by atoms with Crippen LogP contribution in [-0.4, -0.2) is 63.3 Å². The lowest BCUT2D eigenvalue weighted by Gasteiger charge is -2.37. The van der Waals surface area contributed by atoms with E-state index in [1.165, 1.54) is 17.0 Å². The highest BCUT2D eigenvalue weighted by molar-refractivity contribution is 5.68. The van der Waals surface area contributed by atoms with Gasteiger partial charge in [0.15, 0.2) is 5.82 Å². The van der Waals surface area contributed by atoms with Gasteiger partial charge < -0.3 is 19.6 Å². The molecule has 3 heterocycles. The highest BCUT2D eigenvalue weighted by Gasteiger charge is 2.30. The second-order valence-corrected chi connectivity index (χ2v) is 7.17. The van der Waals surface area contributed by atoms with Gasteiger partial charge in [0, 0.05) is 42.8 Å². The fourth-order valence-corrected chi connectivity index (χ4v) is 3.70. The molecule has 1 N–H and O–H groups in total. The van der Waals surface area contributed by atoms with E-state index in [1.807, 2.05) is 6.92 Å². The third kappa shape index (κ3) is 3.70. The second-order valence-electron chi connectivity index (χ2n) is 7.17. The Bertz CT molecular complexity index is 949. The van der Waals surface area contributed by atoms with Crippen LogP contribution in [0.15, 0.2) is 24.3 Å². The Labute approximate surface area is 166 Å². The van der Waals surface area contributed by atoms with Crippen LogP contribution >= 0.6 is 0 Å².